The number of nitrogens with zero attached hydrogens (tertiary/aromatic N) is 1. The van der Waals surface area contributed by atoms with Gasteiger partial charge in [0.1, 0.15) is 5.82 Å². The van der Waals surface area contributed by atoms with Gasteiger partial charge < -0.3 is 11.1 Å². The molecule has 108 valence electrons. The molecule has 0 aromatic heterocycles. The van der Waals surface area contributed by atoms with Crippen LogP contribution in [0.25, 0.3) is 0 Å². The molecule has 8 heteroatoms. The summed E-state index contributed by atoms with van der Waals surface area (Å²) in [4.78, 5) is 21.9. The van der Waals surface area contributed by atoms with Crippen LogP contribution in [0.4, 0.5) is 21.5 Å². The summed E-state index contributed by atoms with van der Waals surface area (Å²) in [5.74, 6) is -1.44. The van der Waals surface area contributed by atoms with Crippen molar-refractivity contribution in [2.24, 2.45) is 0 Å². The van der Waals surface area contributed by atoms with Gasteiger partial charge in [-0.2, -0.15) is 0 Å². The summed E-state index contributed by atoms with van der Waals surface area (Å²) in [5, 5.41) is 13.1. The molecule has 0 saturated heterocycles. The number of hydrogen-bond acceptors (Lipinski definition) is 4. The lowest BCUT2D eigenvalue weighted by Gasteiger charge is -2.07. The molecular weight excluding hydrogens is 301 g/mol. The number of carbonyl (C=O) groups is 1. The van der Waals surface area contributed by atoms with Gasteiger partial charge >= 0.3 is 0 Å². The van der Waals surface area contributed by atoms with Gasteiger partial charge in [0, 0.05) is 17.7 Å². The molecule has 0 aliphatic rings. The minimum atomic E-state index is -0.782. The number of nitrogens with one attached hydrogen (secondary N) is 1. The van der Waals surface area contributed by atoms with Crippen LogP contribution < -0.4 is 11.1 Å². The SMILES string of the molecule is Nc1ccc(C(=O)Nc2cc([N+](=O)[O-])ccc2F)cc1Cl. The van der Waals surface area contributed by atoms with Gasteiger partial charge in [0.25, 0.3) is 11.6 Å². The number of halogens is 2. The molecule has 0 aliphatic heterocycles. The highest BCUT2D eigenvalue weighted by atomic mass is 35.5. The highest BCUT2D eigenvalue weighted by Gasteiger charge is 2.14. The van der Waals surface area contributed by atoms with Crippen molar-refractivity contribution in [2.45, 2.75) is 0 Å². The number of anilines is 2. The zero-order valence-electron chi connectivity index (χ0n) is 10.5. The van der Waals surface area contributed by atoms with Crippen molar-refractivity contribution in [2.75, 3.05) is 11.1 Å². The van der Waals surface area contributed by atoms with E-state index in [0.717, 1.165) is 18.2 Å². The normalized spacial score (nSPS) is 10.2. The maximum atomic E-state index is 13.6. The summed E-state index contributed by atoms with van der Waals surface area (Å²) >= 11 is 5.79. The molecule has 0 saturated carbocycles. The van der Waals surface area contributed by atoms with E-state index in [1.54, 1.807) is 0 Å². The first-order valence-corrected chi connectivity index (χ1v) is 6.06. The van der Waals surface area contributed by atoms with Crippen LogP contribution in [0.2, 0.25) is 5.02 Å². The minimum Gasteiger partial charge on any atom is -0.398 e. The Kier molecular flexibility index (Phi) is 4.04. The number of nitro benzene ring substituents is 1. The molecule has 0 spiro atoms. The third kappa shape index (κ3) is 3.26. The van der Waals surface area contributed by atoms with Crippen molar-refractivity contribution >= 4 is 34.6 Å². The average molecular weight is 310 g/mol. The number of amides is 1. The third-order valence-corrected chi connectivity index (χ3v) is 3.00. The lowest BCUT2D eigenvalue weighted by Crippen LogP contribution is -2.13. The van der Waals surface area contributed by atoms with E-state index in [1.165, 1.54) is 18.2 Å². The number of rotatable bonds is 3. The Hall–Kier alpha value is -2.67. The Balaban J connectivity index is 2.28. The quantitative estimate of drug-likeness (QED) is 0.516. The first-order valence-electron chi connectivity index (χ1n) is 5.69. The van der Waals surface area contributed by atoms with Crippen molar-refractivity contribution in [1.82, 2.24) is 0 Å². The lowest BCUT2D eigenvalue weighted by atomic mass is 10.2. The molecule has 2 aromatic rings. The first-order chi connectivity index (χ1) is 9.88. The van der Waals surface area contributed by atoms with Gasteiger partial charge in [-0.25, -0.2) is 4.39 Å². The fourth-order valence-corrected chi connectivity index (χ4v) is 1.77. The van der Waals surface area contributed by atoms with E-state index in [-0.39, 0.29) is 22.0 Å². The maximum Gasteiger partial charge on any atom is 0.271 e. The molecule has 21 heavy (non-hydrogen) atoms. The van der Waals surface area contributed by atoms with Crippen molar-refractivity contribution in [3.8, 4) is 0 Å². The Bertz CT molecular complexity index is 737. The maximum absolute atomic E-state index is 13.6. The number of hydrogen-bond donors (Lipinski definition) is 2. The second-order valence-electron chi connectivity index (χ2n) is 4.11. The Morgan fingerprint density at radius 1 is 1.29 bits per heavy atom. The molecule has 2 rings (SSSR count). The molecule has 0 unspecified atom stereocenters. The number of carbonyl (C=O) groups excluding carboxylic acids is 1. The summed E-state index contributed by atoms with van der Waals surface area (Å²) in [7, 11) is 0. The first kappa shape index (κ1) is 14.7. The van der Waals surface area contributed by atoms with Crippen molar-refractivity contribution in [3.05, 3.63) is 62.9 Å². The largest absolute Gasteiger partial charge is 0.398 e. The molecule has 0 fully saturated rings. The number of nitrogens with two attached hydrogens (primary N) is 1. The van der Waals surface area contributed by atoms with Crippen LogP contribution in [0, 0.1) is 15.9 Å². The molecule has 0 heterocycles. The number of nitro groups is 1. The molecule has 2 aromatic carbocycles. The Morgan fingerprint density at radius 2 is 2.00 bits per heavy atom. The summed E-state index contributed by atoms with van der Waals surface area (Å²) in [6, 6.07) is 7.01. The summed E-state index contributed by atoms with van der Waals surface area (Å²) in [6.07, 6.45) is 0. The van der Waals surface area contributed by atoms with Crippen molar-refractivity contribution < 1.29 is 14.1 Å². The minimum absolute atomic E-state index is 0.153. The van der Waals surface area contributed by atoms with E-state index in [4.69, 9.17) is 17.3 Å². The monoisotopic (exact) mass is 309 g/mol. The molecule has 1 amide bonds. The molecular formula is C13H9ClFN3O3. The van der Waals surface area contributed by atoms with E-state index in [9.17, 15) is 19.3 Å². The van der Waals surface area contributed by atoms with Gasteiger partial charge in [-0.05, 0) is 24.3 Å². The summed E-state index contributed by atoms with van der Waals surface area (Å²) in [6.45, 7) is 0. The van der Waals surface area contributed by atoms with E-state index >= 15 is 0 Å². The molecule has 0 atom stereocenters. The second kappa shape index (κ2) is 5.76. The highest BCUT2D eigenvalue weighted by molar-refractivity contribution is 6.33. The van der Waals surface area contributed by atoms with E-state index in [2.05, 4.69) is 5.32 Å². The molecule has 3 N–H and O–H groups in total. The van der Waals surface area contributed by atoms with E-state index < -0.39 is 16.6 Å². The third-order valence-electron chi connectivity index (χ3n) is 2.67. The lowest BCUT2D eigenvalue weighted by molar-refractivity contribution is -0.384. The Morgan fingerprint density at radius 3 is 2.62 bits per heavy atom. The average Bonchev–Trinajstić information content (AvgIpc) is 2.43. The van der Waals surface area contributed by atoms with Crippen molar-refractivity contribution in [1.29, 1.82) is 0 Å². The highest BCUT2D eigenvalue weighted by Crippen LogP contribution is 2.23. The number of nitrogen functional groups attached to an aromatic ring is 1. The van der Waals surface area contributed by atoms with Gasteiger partial charge in [0.2, 0.25) is 0 Å². The number of benzene rings is 2. The predicted octanol–water partition coefficient (Wildman–Crippen LogP) is 3.22. The summed E-state index contributed by atoms with van der Waals surface area (Å²) in [5.41, 5.74) is 5.35. The van der Waals surface area contributed by atoms with E-state index in [1.807, 2.05) is 0 Å². The standard InChI is InChI=1S/C13H9ClFN3O3/c14-9-5-7(1-4-11(9)16)13(19)17-12-6-8(18(20)21)2-3-10(12)15/h1-6H,16H2,(H,17,19). The zero-order valence-corrected chi connectivity index (χ0v) is 11.2. The summed E-state index contributed by atoms with van der Waals surface area (Å²) < 4.78 is 13.6. The molecule has 0 aliphatic carbocycles. The van der Waals surface area contributed by atoms with Crippen LogP contribution in [-0.4, -0.2) is 10.8 Å². The smallest absolute Gasteiger partial charge is 0.271 e. The fraction of sp³-hybridized carbons (Fsp3) is 0. The van der Waals surface area contributed by atoms with Crippen LogP contribution in [0.1, 0.15) is 10.4 Å². The van der Waals surface area contributed by atoms with Crippen LogP contribution >= 0.6 is 11.6 Å². The molecule has 0 radical (unpaired) electrons. The van der Waals surface area contributed by atoms with Crippen LogP contribution in [0.15, 0.2) is 36.4 Å². The Labute approximate surface area is 123 Å². The fourth-order valence-electron chi connectivity index (χ4n) is 1.59. The second-order valence-corrected chi connectivity index (χ2v) is 4.52. The van der Waals surface area contributed by atoms with Gasteiger partial charge in [0.05, 0.1) is 21.3 Å². The van der Waals surface area contributed by atoms with Crippen molar-refractivity contribution in [3.63, 3.8) is 0 Å². The van der Waals surface area contributed by atoms with Gasteiger partial charge in [-0.3, -0.25) is 14.9 Å². The van der Waals surface area contributed by atoms with Gasteiger partial charge in [0.15, 0.2) is 0 Å². The van der Waals surface area contributed by atoms with Gasteiger partial charge in [-0.1, -0.05) is 11.6 Å². The zero-order chi connectivity index (χ0) is 15.6. The van der Waals surface area contributed by atoms with E-state index in [0.29, 0.717) is 5.69 Å². The predicted molar refractivity (Wildman–Crippen MR) is 76.9 cm³/mol. The van der Waals surface area contributed by atoms with Crippen LogP contribution in [-0.2, 0) is 0 Å². The number of non-ortho nitro benzene ring substituents is 1. The molecule has 6 nitrogen and oxygen atoms in total. The topological polar surface area (TPSA) is 98.3 Å². The van der Waals surface area contributed by atoms with Gasteiger partial charge in [-0.15, -0.1) is 0 Å². The van der Waals surface area contributed by atoms with Crippen LogP contribution in [0.5, 0.6) is 0 Å². The van der Waals surface area contributed by atoms with Crippen LogP contribution in [0.3, 0.4) is 0 Å². The molecule has 0 bridgehead atoms.